The molecule has 0 spiro atoms. The molecule has 0 saturated carbocycles. The van der Waals surface area contributed by atoms with Gasteiger partial charge in [0.2, 0.25) is 17.7 Å². The molecule has 0 radical (unpaired) electrons. The maximum atomic E-state index is 14.0. The summed E-state index contributed by atoms with van der Waals surface area (Å²) in [5, 5.41) is 37.0. The molecule has 0 aliphatic carbocycles. The molecule has 17 heteroatoms. The molecule has 1 unspecified atom stereocenters. The first kappa shape index (κ1) is 50.3. The Morgan fingerprint density at radius 1 is 0.970 bits per heavy atom. The minimum absolute atomic E-state index is 0.0133. The van der Waals surface area contributed by atoms with Gasteiger partial charge in [0.05, 0.1) is 51.1 Å². The third kappa shape index (κ3) is 13.7. The molecule has 2 aromatic heterocycles. The zero-order valence-corrected chi connectivity index (χ0v) is 40.4. The van der Waals surface area contributed by atoms with Crippen molar-refractivity contribution >= 4 is 52.3 Å². The van der Waals surface area contributed by atoms with E-state index < -0.39 is 35.4 Å². The average Bonchev–Trinajstić information content (AvgIpc) is 4.06. The number of nitrogens with one attached hydrogen (secondary N) is 4. The number of carbonyl (C=O) groups is 4. The lowest BCUT2D eigenvalue weighted by molar-refractivity contribution is -0.144. The number of anilines is 1. The van der Waals surface area contributed by atoms with E-state index in [0.717, 1.165) is 57.9 Å². The van der Waals surface area contributed by atoms with Crippen molar-refractivity contribution in [3.63, 3.8) is 0 Å². The predicted octanol–water partition coefficient (Wildman–Crippen LogP) is 7.29. The lowest BCUT2D eigenvalue weighted by atomic mass is 9.85. The van der Waals surface area contributed by atoms with E-state index >= 15 is 0 Å². The number of hydrogen-bond acceptors (Lipinski definition) is 11. The first-order valence-electron chi connectivity index (χ1n) is 22.6. The van der Waals surface area contributed by atoms with Gasteiger partial charge in [-0.2, -0.15) is 10.4 Å². The molecule has 1 fully saturated rings. The van der Waals surface area contributed by atoms with Crippen LogP contribution in [0.3, 0.4) is 0 Å². The van der Waals surface area contributed by atoms with Crippen LogP contribution in [0.4, 0.5) is 5.69 Å². The normalized spacial score (nSPS) is 16.1. The number of thiazole rings is 1. The van der Waals surface area contributed by atoms with E-state index in [9.17, 15) is 24.3 Å². The summed E-state index contributed by atoms with van der Waals surface area (Å²) in [4.78, 5) is 60.5. The quantitative estimate of drug-likeness (QED) is 0.0493. The second kappa shape index (κ2) is 23.1. The van der Waals surface area contributed by atoms with Crippen LogP contribution in [0.2, 0.25) is 5.02 Å². The number of aromatic nitrogens is 3. The van der Waals surface area contributed by atoms with Crippen LogP contribution < -0.4 is 21.3 Å². The number of benzene rings is 3. The topological polar surface area (TPSA) is 204 Å². The van der Waals surface area contributed by atoms with E-state index in [0.29, 0.717) is 35.8 Å². The fraction of sp³-hybridized carbons (Fsp3) is 0.420. The molecule has 5 atom stereocenters. The molecule has 354 valence electrons. The average molecular weight is 951 g/mol. The molecule has 3 aromatic carbocycles. The fourth-order valence-corrected chi connectivity index (χ4v) is 8.91. The molecule has 3 heterocycles. The number of aliphatic hydroxyl groups is 1. The number of amides is 4. The number of β-amino-alcohol motifs (C(OH)–C–C–N with tert-alkyl or cyclic N) is 1. The summed E-state index contributed by atoms with van der Waals surface area (Å²) in [5.41, 5.74) is 7.39. The first-order valence-corrected chi connectivity index (χ1v) is 23.8. The van der Waals surface area contributed by atoms with E-state index in [1.165, 1.54) is 4.90 Å². The summed E-state index contributed by atoms with van der Waals surface area (Å²) < 4.78 is 7.44. The number of nitrogens with zero attached hydrogens (tertiary/aromatic N) is 5. The van der Waals surface area contributed by atoms with Crippen LogP contribution in [0.25, 0.3) is 21.7 Å². The standard InChI is InChI=1S/C50H60ClN9O6S/c1-31(27-59-22-20-42(58-59)37-14-15-38(26-52)41(51)24-37)55-47(63)36-16-18-39(19-17-36)53-21-8-7-9-23-66-29-44(62)57-46(50(4,5)6)49(65)60-28-40(61)25-43(60)48(64)56-32(2)34-10-12-35(13-11-34)45-33(3)54-30-67-45/h10-20,22,24,30-32,40,43,46,53,61H,7-9,21,23,25,27-29H2,1-6H3,(H,55,63)(H,56,64)(H,57,62)/t31-,32-,40+,43?,46+/m0/s1. The number of rotatable bonds is 20. The summed E-state index contributed by atoms with van der Waals surface area (Å²) in [6.45, 7) is 12.6. The van der Waals surface area contributed by atoms with Crippen LogP contribution in [-0.4, -0.2) is 98.9 Å². The number of ether oxygens (including phenoxy) is 1. The molecule has 5 N–H and O–H groups in total. The number of halogens is 1. The van der Waals surface area contributed by atoms with Crippen LogP contribution in [0.5, 0.6) is 0 Å². The Kier molecular flexibility index (Phi) is 17.3. The molecule has 1 aliphatic rings. The summed E-state index contributed by atoms with van der Waals surface area (Å²) >= 11 is 7.76. The molecule has 0 bridgehead atoms. The maximum Gasteiger partial charge on any atom is 0.251 e. The third-order valence-electron chi connectivity index (χ3n) is 11.6. The Balaban J connectivity index is 0.870. The van der Waals surface area contributed by atoms with Crippen LogP contribution in [0.15, 0.2) is 84.5 Å². The predicted molar refractivity (Wildman–Crippen MR) is 260 cm³/mol. The lowest BCUT2D eigenvalue weighted by Gasteiger charge is -2.35. The third-order valence-corrected chi connectivity index (χ3v) is 12.9. The monoisotopic (exact) mass is 949 g/mol. The van der Waals surface area contributed by atoms with Crippen molar-refractivity contribution < 1.29 is 29.0 Å². The van der Waals surface area contributed by atoms with Gasteiger partial charge in [-0.15, -0.1) is 11.3 Å². The van der Waals surface area contributed by atoms with Crippen molar-refractivity contribution in [2.45, 2.75) is 104 Å². The lowest BCUT2D eigenvalue weighted by Crippen LogP contribution is -2.58. The number of nitriles is 1. The highest BCUT2D eigenvalue weighted by atomic mass is 35.5. The van der Waals surface area contributed by atoms with Gasteiger partial charge in [0.1, 0.15) is 24.8 Å². The summed E-state index contributed by atoms with van der Waals surface area (Å²) in [6, 6.07) is 21.9. The zero-order valence-electron chi connectivity index (χ0n) is 38.8. The highest BCUT2D eigenvalue weighted by molar-refractivity contribution is 7.13. The van der Waals surface area contributed by atoms with Gasteiger partial charge in [-0.3, -0.25) is 23.9 Å². The van der Waals surface area contributed by atoms with E-state index in [2.05, 4.69) is 37.4 Å². The van der Waals surface area contributed by atoms with E-state index in [4.69, 9.17) is 21.6 Å². The van der Waals surface area contributed by atoms with Gasteiger partial charge in [-0.05, 0) is 99.0 Å². The van der Waals surface area contributed by atoms with Crippen LogP contribution in [-0.2, 0) is 25.7 Å². The summed E-state index contributed by atoms with van der Waals surface area (Å²) in [5.74, 6) is -1.43. The zero-order chi connectivity index (χ0) is 48.3. The second-order valence-electron chi connectivity index (χ2n) is 18.1. The number of aryl methyl sites for hydroxylation is 1. The molecule has 5 aromatic rings. The van der Waals surface area contributed by atoms with E-state index in [-0.39, 0.29) is 43.5 Å². The Bertz CT molecular complexity index is 2530. The molecule has 1 aliphatic heterocycles. The Morgan fingerprint density at radius 2 is 1.70 bits per heavy atom. The van der Waals surface area contributed by atoms with Crippen molar-refractivity contribution in [3.05, 3.63) is 112 Å². The minimum Gasteiger partial charge on any atom is -0.391 e. The highest BCUT2D eigenvalue weighted by Gasteiger charge is 2.44. The van der Waals surface area contributed by atoms with Crippen molar-refractivity contribution in [2.75, 3.05) is 31.6 Å². The van der Waals surface area contributed by atoms with Gasteiger partial charge in [-0.1, -0.05) is 62.7 Å². The molecule has 4 amide bonds. The van der Waals surface area contributed by atoms with Gasteiger partial charge in [0.15, 0.2) is 0 Å². The largest absolute Gasteiger partial charge is 0.391 e. The van der Waals surface area contributed by atoms with Gasteiger partial charge in [0.25, 0.3) is 5.91 Å². The Hall–Kier alpha value is -6.12. The maximum absolute atomic E-state index is 14.0. The minimum atomic E-state index is -0.951. The molecule has 1 saturated heterocycles. The molecule has 6 rings (SSSR count). The van der Waals surface area contributed by atoms with Crippen molar-refractivity contribution in [3.8, 4) is 27.8 Å². The smallest absolute Gasteiger partial charge is 0.251 e. The number of likely N-dealkylation sites (tertiary alicyclic amines) is 1. The van der Waals surface area contributed by atoms with Crippen molar-refractivity contribution in [2.24, 2.45) is 5.41 Å². The number of hydrogen-bond donors (Lipinski definition) is 5. The summed E-state index contributed by atoms with van der Waals surface area (Å²) in [7, 11) is 0. The molecule has 67 heavy (non-hydrogen) atoms. The van der Waals surface area contributed by atoms with Crippen molar-refractivity contribution in [1.82, 2.24) is 35.6 Å². The Labute approximate surface area is 401 Å². The number of unbranched alkanes of at least 4 members (excludes halogenated alkanes) is 2. The molecule has 15 nitrogen and oxygen atoms in total. The Morgan fingerprint density at radius 3 is 2.37 bits per heavy atom. The number of aliphatic hydroxyl groups excluding tert-OH is 1. The molecular formula is C50H60ClN9O6S. The van der Waals surface area contributed by atoms with Gasteiger partial charge in [-0.25, -0.2) is 4.98 Å². The van der Waals surface area contributed by atoms with Crippen LogP contribution in [0, 0.1) is 23.7 Å². The van der Waals surface area contributed by atoms with Gasteiger partial charge < -0.3 is 36.0 Å². The second-order valence-corrected chi connectivity index (χ2v) is 19.4. The fourth-order valence-electron chi connectivity index (χ4n) is 7.88. The first-order chi connectivity index (χ1) is 32.0. The summed E-state index contributed by atoms with van der Waals surface area (Å²) in [6.07, 6.45) is 3.50. The van der Waals surface area contributed by atoms with Crippen molar-refractivity contribution in [1.29, 1.82) is 5.26 Å². The van der Waals surface area contributed by atoms with Crippen LogP contribution in [0.1, 0.15) is 93.5 Å². The van der Waals surface area contributed by atoms with Gasteiger partial charge >= 0.3 is 0 Å². The van der Waals surface area contributed by atoms with E-state index in [1.54, 1.807) is 46.4 Å². The van der Waals surface area contributed by atoms with Gasteiger partial charge in [0, 0.05) is 55.2 Å². The van der Waals surface area contributed by atoms with Crippen LogP contribution >= 0.6 is 22.9 Å². The SMILES string of the molecule is Cc1ncsc1-c1ccc([C@H](C)NC(=O)C2C[C@@H](O)CN2C(=O)[C@@H](NC(=O)COCCCCCNc2ccc(C(=O)N[C@@H](C)Cn3ccc(-c4ccc(C#N)c(Cl)c4)n3)cc2)C(C)(C)C)cc1. The van der Waals surface area contributed by atoms with E-state index in [1.807, 2.05) is 95.7 Å². The molecular weight excluding hydrogens is 890 g/mol. The highest BCUT2D eigenvalue weighted by Crippen LogP contribution is 2.30. The number of carbonyl (C=O) groups excluding carboxylic acids is 4.